The third-order valence-electron chi connectivity index (χ3n) is 4.19. The molecule has 0 amide bonds. The fourth-order valence-electron chi connectivity index (χ4n) is 3.03. The molecule has 142 valence electrons. The van der Waals surface area contributed by atoms with Gasteiger partial charge < -0.3 is 15.0 Å². The van der Waals surface area contributed by atoms with Crippen molar-refractivity contribution in [1.29, 1.82) is 0 Å². The molecule has 0 saturated carbocycles. The van der Waals surface area contributed by atoms with Crippen molar-refractivity contribution in [3.63, 3.8) is 0 Å². The predicted octanol–water partition coefficient (Wildman–Crippen LogP) is 3.16. The Hall–Kier alpha value is -2.68. The molecule has 0 aliphatic carbocycles. The lowest BCUT2D eigenvalue weighted by Gasteiger charge is -2.28. The molecule has 1 aromatic carbocycles. The summed E-state index contributed by atoms with van der Waals surface area (Å²) in [6.45, 7) is 3.43. The van der Waals surface area contributed by atoms with Crippen molar-refractivity contribution in [2.45, 2.75) is 24.9 Å². The second-order valence-electron chi connectivity index (χ2n) is 5.83. The van der Waals surface area contributed by atoms with E-state index in [1.54, 1.807) is 20.1 Å². The zero-order valence-corrected chi connectivity index (χ0v) is 15.7. The SMILES string of the molecule is CCOC(=O)C1=C(C)Nc2nc(SC)[nH]c(=O)c2C1c1ccc(F)c(F)c1. The summed E-state index contributed by atoms with van der Waals surface area (Å²) in [4.78, 5) is 32.3. The summed E-state index contributed by atoms with van der Waals surface area (Å²) in [6, 6.07) is 3.28. The molecule has 3 rings (SSSR count). The zero-order chi connectivity index (χ0) is 19.7. The van der Waals surface area contributed by atoms with Crippen LogP contribution in [0.1, 0.15) is 30.9 Å². The molecular weight excluding hydrogens is 376 g/mol. The number of hydrogen-bond acceptors (Lipinski definition) is 6. The molecule has 2 N–H and O–H groups in total. The summed E-state index contributed by atoms with van der Waals surface area (Å²) in [5.41, 5.74) is 0.511. The molecule has 9 heteroatoms. The first-order valence-electron chi connectivity index (χ1n) is 8.15. The number of allylic oxidation sites excluding steroid dienone is 1. The largest absolute Gasteiger partial charge is 0.463 e. The van der Waals surface area contributed by atoms with Crippen molar-refractivity contribution >= 4 is 23.5 Å². The molecule has 1 aliphatic heterocycles. The van der Waals surface area contributed by atoms with Crippen LogP contribution in [0.2, 0.25) is 0 Å². The van der Waals surface area contributed by atoms with Gasteiger partial charge in [-0.3, -0.25) is 4.79 Å². The third-order valence-corrected chi connectivity index (χ3v) is 4.77. The maximum Gasteiger partial charge on any atom is 0.336 e. The van der Waals surface area contributed by atoms with Gasteiger partial charge in [0.05, 0.1) is 23.7 Å². The molecule has 0 spiro atoms. The van der Waals surface area contributed by atoms with Crippen molar-refractivity contribution in [2.24, 2.45) is 0 Å². The van der Waals surface area contributed by atoms with E-state index in [1.807, 2.05) is 0 Å². The Morgan fingerprint density at radius 3 is 2.70 bits per heavy atom. The molecule has 2 heterocycles. The maximum absolute atomic E-state index is 13.9. The molecule has 0 radical (unpaired) electrons. The van der Waals surface area contributed by atoms with Crippen LogP contribution in [0, 0.1) is 11.6 Å². The highest BCUT2D eigenvalue weighted by Crippen LogP contribution is 2.40. The predicted molar refractivity (Wildman–Crippen MR) is 97.8 cm³/mol. The van der Waals surface area contributed by atoms with E-state index in [0.29, 0.717) is 10.9 Å². The highest BCUT2D eigenvalue weighted by atomic mass is 32.2. The van der Waals surface area contributed by atoms with Gasteiger partial charge in [0.1, 0.15) is 5.82 Å². The second kappa shape index (κ2) is 7.51. The van der Waals surface area contributed by atoms with Gasteiger partial charge in [0.25, 0.3) is 5.56 Å². The van der Waals surface area contributed by atoms with Gasteiger partial charge in [-0.2, -0.15) is 0 Å². The van der Waals surface area contributed by atoms with E-state index in [9.17, 15) is 18.4 Å². The smallest absolute Gasteiger partial charge is 0.336 e. The molecule has 0 bridgehead atoms. The number of carbonyl (C=O) groups excluding carboxylic acids is 1. The number of aromatic amines is 1. The molecule has 1 atom stereocenters. The number of hydrogen-bond donors (Lipinski definition) is 2. The minimum atomic E-state index is -1.07. The van der Waals surface area contributed by atoms with E-state index >= 15 is 0 Å². The Bertz CT molecular complexity index is 1000. The number of benzene rings is 1. The highest BCUT2D eigenvalue weighted by molar-refractivity contribution is 7.98. The van der Waals surface area contributed by atoms with Gasteiger partial charge in [0.15, 0.2) is 16.8 Å². The number of aromatic nitrogens is 2. The molecule has 0 fully saturated rings. The number of esters is 1. The minimum absolute atomic E-state index is 0.132. The van der Waals surface area contributed by atoms with E-state index < -0.39 is 29.1 Å². The Balaban J connectivity index is 2.28. The topological polar surface area (TPSA) is 84.1 Å². The minimum Gasteiger partial charge on any atom is -0.463 e. The molecule has 6 nitrogen and oxygen atoms in total. The average Bonchev–Trinajstić information content (AvgIpc) is 2.62. The maximum atomic E-state index is 13.9. The van der Waals surface area contributed by atoms with Gasteiger partial charge in [-0.15, -0.1) is 0 Å². The Morgan fingerprint density at radius 2 is 2.07 bits per heavy atom. The number of anilines is 1. The van der Waals surface area contributed by atoms with Crippen LogP contribution in [-0.2, 0) is 9.53 Å². The monoisotopic (exact) mass is 393 g/mol. The molecule has 27 heavy (non-hydrogen) atoms. The number of H-pyrrole nitrogens is 1. The van der Waals surface area contributed by atoms with Gasteiger partial charge in [-0.05, 0) is 37.8 Å². The lowest BCUT2D eigenvalue weighted by atomic mass is 9.82. The van der Waals surface area contributed by atoms with Crippen LogP contribution in [0.4, 0.5) is 14.6 Å². The summed E-state index contributed by atoms with van der Waals surface area (Å²) < 4.78 is 32.4. The van der Waals surface area contributed by atoms with Crippen molar-refractivity contribution < 1.29 is 18.3 Å². The quantitative estimate of drug-likeness (QED) is 0.472. The number of ether oxygens (including phenoxy) is 1. The normalized spacial score (nSPS) is 16.0. The Labute approximate surface area is 158 Å². The van der Waals surface area contributed by atoms with E-state index in [-0.39, 0.29) is 29.1 Å². The number of thioether (sulfide) groups is 1. The summed E-state index contributed by atoms with van der Waals surface area (Å²) >= 11 is 1.25. The van der Waals surface area contributed by atoms with Crippen molar-refractivity contribution in [3.8, 4) is 0 Å². The van der Waals surface area contributed by atoms with E-state index in [4.69, 9.17) is 4.74 Å². The van der Waals surface area contributed by atoms with Gasteiger partial charge in [0, 0.05) is 5.70 Å². The molecule has 0 saturated heterocycles. The number of nitrogens with one attached hydrogen (secondary N) is 2. The first-order chi connectivity index (χ1) is 12.9. The number of rotatable bonds is 4. The molecular formula is C18H17F2N3O3S. The number of fused-ring (bicyclic) bond motifs is 1. The first kappa shape index (κ1) is 19.1. The van der Waals surface area contributed by atoms with E-state index in [0.717, 1.165) is 12.1 Å². The number of nitrogens with zero attached hydrogens (tertiary/aromatic N) is 1. The van der Waals surface area contributed by atoms with Crippen LogP contribution in [0.5, 0.6) is 0 Å². The standard InChI is InChI=1S/C18H17F2N3O3S/c1-4-26-17(25)12-8(2)21-15-14(16(24)23-18(22-15)27-3)13(12)9-5-6-10(19)11(20)7-9/h5-7,13H,4H2,1-3H3,(H2,21,22,23,24). The highest BCUT2D eigenvalue weighted by Gasteiger charge is 2.36. The van der Waals surface area contributed by atoms with Gasteiger partial charge in [0.2, 0.25) is 0 Å². The Morgan fingerprint density at radius 1 is 1.33 bits per heavy atom. The van der Waals surface area contributed by atoms with Crippen LogP contribution in [-0.4, -0.2) is 28.8 Å². The van der Waals surface area contributed by atoms with Gasteiger partial charge in [-0.25, -0.2) is 18.6 Å². The first-order valence-corrected chi connectivity index (χ1v) is 9.37. The van der Waals surface area contributed by atoms with E-state index in [2.05, 4.69) is 15.3 Å². The van der Waals surface area contributed by atoms with Crippen LogP contribution >= 0.6 is 11.8 Å². The fraction of sp³-hybridized carbons (Fsp3) is 0.278. The van der Waals surface area contributed by atoms with Crippen molar-refractivity contribution in [1.82, 2.24) is 9.97 Å². The summed E-state index contributed by atoms with van der Waals surface area (Å²) in [6.07, 6.45) is 1.76. The van der Waals surface area contributed by atoms with Gasteiger partial charge >= 0.3 is 5.97 Å². The number of carbonyl (C=O) groups is 1. The van der Waals surface area contributed by atoms with E-state index in [1.165, 1.54) is 17.8 Å². The lowest BCUT2D eigenvalue weighted by molar-refractivity contribution is -0.138. The molecule has 1 aromatic heterocycles. The summed E-state index contributed by atoms with van der Waals surface area (Å²) in [5, 5.41) is 3.35. The van der Waals surface area contributed by atoms with Crippen molar-refractivity contribution in [3.05, 3.63) is 62.6 Å². The van der Waals surface area contributed by atoms with Crippen LogP contribution in [0.3, 0.4) is 0 Å². The van der Waals surface area contributed by atoms with Crippen LogP contribution < -0.4 is 10.9 Å². The van der Waals surface area contributed by atoms with Crippen molar-refractivity contribution in [2.75, 3.05) is 18.2 Å². The summed E-state index contributed by atoms with van der Waals surface area (Å²) in [5.74, 6) is -3.41. The molecule has 2 aromatic rings. The second-order valence-corrected chi connectivity index (χ2v) is 6.62. The number of halogens is 2. The summed E-state index contributed by atoms with van der Waals surface area (Å²) in [7, 11) is 0. The fourth-order valence-corrected chi connectivity index (χ4v) is 3.41. The van der Waals surface area contributed by atoms with Crippen LogP contribution in [0.15, 0.2) is 39.4 Å². The van der Waals surface area contributed by atoms with Crippen LogP contribution in [0.25, 0.3) is 0 Å². The Kier molecular flexibility index (Phi) is 5.31. The molecule has 1 unspecified atom stereocenters. The average molecular weight is 393 g/mol. The third kappa shape index (κ3) is 3.46. The molecule has 1 aliphatic rings. The van der Waals surface area contributed by atoms with Gasteiger partial charge in [-0.1, -0.05) is 17.8 Å². The zero-order valence-electron chi connectivity index (χ0n) is 14.9. The lowest BCUT2D eigenvalue weighted by Crippen LogP contribution is -2.31.